The van der Waals surface area contributed by atoms with Crippen molar-refractivity contribution in [2.24, 2.45) is 4.99 Å². The Morgan fingerprint density at radius 2 is 2.22 bits per heavy atom. The average Bonchev–Trinajstić information content (AvgIpc) is 2.88. The molecule has 4 heteroatoms. The third kappa shape index (κ3) is 3.95. The van der Waals surface area contributed by atoms with Gasteiger partial charge in [0.1, 0.15) is 0 Å². The summed E-state index contributed by atoms with van der Waals surface area (Å²) < 4.78 is 0. The zero-order valence-corrected chi connectivity index (χ0v) is 12.6. The topological polar surface area (TPSA) is 24.4 Å². The van der Waals surface area contributed by atoms with Gasteiger partial charge in [-0.3, -0.25) is 4.99 Å². The van der Waals surface area contributed by atoms with Crippen LogP contribution < -0.4 is 5.32 Å². The van der Waals surface area contributed by atoms with E-state index in [4.69, 9.17) is 0 Å². The number of rotatable bonds is 5. The van der Waals surface area contributed by atoms with E-state index in [0.717, 1.165) is 23.9 Å². The van der Waals surface area contributed by atoms with Crippen LogP contribution in [-0.2, 0) is 0 Å². The van der Waals surface area contributed by atoms with Crippen molar-refractivity contribution in [2.45, 2.75) is 24.6 Å². The summed E-state index contributed by atoms with van der Waals surface area (Å²) in [5, 5.41) is 5.31. The lowest BCUT2D eigenvalue weighted by molar-refractivity contribution is 0.744. The van der Waals surface area contributed by atoms with Crippen LogP contribution in [0.1, 0.15) is 24.9 Å². The Morgan fingerprint density at radius 1 is 1.44 bits per heavy atom. The lowest BCUT2D eigenvalue weighted by Crippen LogP contribution is -2.19. The van der Waals surface area contributed by atoms with Crippen molar-refractivity contribution in [1.82, 2.24) is 5.32 Å². The number of hydrogen-bond donors (Lipinski definition) is 1. The molecule has 98 valence electrons. The maximum atomic E-state index is 4.64. The Kier molecular flexibility index (Phi) is 5.45. The molecule has 0 spiro atoms. The molecule has 1 aliphatic rings. The highest BCUT2D eigenvalue weighted by molar-refractivity contribution is 8.14. The maximum absolute atomic E-state index is 4.64. The fraction of sp³-hybridized carbons (Fsp3) is 0.500. The molecule has 0 amide bonds. The van der Waals surface area contributed by atoms with Gasteiger partial charge in [0.25, 0.3) is 0 Å². The smallest absolute Gasteiger partial charge is 0.157 e. The molecule has 1 N–H and O–H groups in total. The molecule has 1 saturated heterocycles. The number of nitrogens with one attached hydrogen (secondary N) is 1. The fourth-order valence-corrected chi connectivity index (χ4v) is 3.17. The molecule has 0 saturated carbocycles. The molecule has 2 nitrogen and oxygen atoms in total. The van der Waals surface area contributed by atoms with E-state index in [1.54, 1.807) is 0 Å². The molecule has 1 aromatic rings. The third-order valence-electron chi connectivity index (χ3n) is 3.08. The molecule has 1 aliphatic heterocycles. The first kappa shape index (κ1) is 13.8. The molecule has 1 heterocycles. The number of thioether (sulfide) groups is 2. The first-order valence-corrected chi connectivity index (χ1v) is 8.58. The summed E-state index contributed by atoms with van der Waals surface area (Å²) in [5.41, 5.74) is 1.35. The molecule has 18 heavy (non-hydrogen) atoms. The molecule has 2 rings (SSSR count). The van der Waals surface area contributed by atoms with Crippen LogP contribution in [0, 0.1) is 0 Å². The van der Waals surface area contributed by atoms with Crippen LogP contribution in [0.25, 0.3) is 0 Å². The molecular formula is C14H20N2S2. The van der Waals surface area contributed by atoms with Gasteiger partial charge in [0.2, 0.25) is 0 Å². The van der Waals surface area contributed by atoms with Crippen molar-refractivity contribution < 1.29 is 0 Å². The standard InChI is InChI=1S/C14H20N2S2/c1-11(17-2)8-9-15-14-16-13(10-18-14)12-6-4-3-5-7-12/h3-7,11,13H,8-10H2,1-2H3,(H,15,16). The first-order valence-electron chi connectivity index (χ1n) is 6.31. The van der Waals surface area contributed by atoms with Crippen molar-refractivity contribution in [1.29, 1.82) is 0 Å². The van der Waals surface area contributed by atoms with Crippen molar-refractivity contribution in [3.05, 3.63) is 35.9 Å². The van der Waals surface area contributed by atoms with Crippen LogP contribution in [-0.4, -0.2) is 29.0 Å². The summed E-state index contributed by atoms with van der Waals surface area (Å²) in [7, 11) is 0. The van der Waals surface area contributed by atoms with Crippen LogP contribution in [0.5, 0.6) is 0 Å². The van der Waals surface area contributed by atoms with E-state index in [1.807, 2.05) is 23.5 Å². The van der Waals surface area contributed by atoms with E-state index >= 15 is 0 Å². The van der Waals surface area contributed by atoms with Gasteiger partial charge in [-0.1, -0.05) is 49.0 Å². The minimum atomic E-state index is 0.424. The van der Waals surface area contributed by atoms with E-state index in [2.05, 4.69) is 53.8 Å². The van der Waals surface area contributed by atoms with Crippen molar-refractivity contribution >= 4 is 28.7 Å². The summed E-state index contributed by atoms with van der Waals surface area (Å²) >= 11 is 3.74. The van der Waals surface area contributed by atoms with E-state index in [9.17, 15) is 0 Å². The summed E-state index contributed by atoms with van der Waals surface area (Å²) in [6.45, 7) is 3.19. The van der Waals surface area contributed by atoms with E-state index in [0.29, 0.717) is 11.3 Å². The SMILES string of the molecule is CSC(C)CCN=C1NC(c2ccccc2)CS1. The third-order valence-corrected chi connectivity index (χ3v) is 5.14. The van der Waals surface area contributed by atoms with Gasteiger partial charge in [0.15, 0.2) is 5.17 Å². The number of benzene rings is 1. The van der Waals surface area contributed by atoms with Crippen molar-refractivity contribution in [3.8, 4) is 0 Å². The monoisotopic (exact) mass is 280 g/mol. The Morgan fingerprint density at radius 3 is 2.94 bits per heavy atom. The molecule has 2 unspecified atom stereocenters. The molecule has 0 aromatic heterocycles. The van der Waals surface area contributed by atoms with E-state index in [-0.39, 0.29) is 0 Å². The van der Waals surface area contributed by atoms with Crippen LogP contribution >= 0.6 is 23.5 Å². The second-order valence-corrected chi connectivity index (χ2v) is 6.73. The number of hydrogen-bond acceptors (Lipinski definition) is 3. The fourth-order valence-electron chi connectivity index (χ4n) is 1.82. The Balaban J connectivity index is 1.83. The number of aliphatic imine (C=N–C) groups is 1. The van der Waals surface area contributed by atoms with Crippen molar-refractivity contribution in [3.63, 3.8) is 0 Å². The largest absolute Gasteiger partial charge is 0.357 e. The molecule has 1 fully saturated rings. The molecule has 0 bridgehead atoms. The average molecular weight is 280 g/mol. The zero-order valence-electron chi connectivity index (χ0n) is 10.9. The van der Waals surface area contributed by atoms with Crippen LogP contribution in [0.3, 0.4) is 0 Å². The van der Waals surface area contributed by atoms with Gasteiger partial charge >= 0.3 is 0 Å². The second-order valence-electron chi connectivity index (χ2n) is 4.44. The maximum Gasteiger partial charge on any atom is 0.157 e. The summed E-state index contributed by atoms with van der Waals surface area (Å²) in [6.07, 6.45) is 3.31. The van der Waals surface area contributed by atoms with Gasteiger partial charge in [0, 0.05) is 17.5 Å². The van der Waals surface area contributed by atoms with Crippen molar-refractivity contribution in [2.75, 3.05) is 18.6 Å². The van der Waals surface area contributed by atoms with Gasteiger partial charge < -0.3 is 5.32 Å². The second kappa shape index (κ2) is 7.10. The predicted molar refractivity (Wildman–Crippen MR) is 84.7 cm³/mol. The normalized spacial score (nSPS) is 23.0. The van der Waals surface area contributed by atoms with E-state index in [1.165, 1.54) is 5.56 Å². The van der Waals surface area contributed by atoms with Gasteiger partial charge in [-0.15, -0.1) is 0 Å². The number of nitrogens with zero attached hydrogens (tertiary/aromatic N) is 1. The Labute approximate surface area is 118 Å². The highest BCUT2D eigenvalue weighted by Crippen LogP contribution is 2.25. The molecule has 0 aliphatic carbocycles. The summed E-state index contributed by atoms with van der Waals surface area (Å²) in [4.78, 5) is 4.64. The lowest BCUT2D eigenvalue weighted by Gasteiger charge is -2.09. The van der Waals surface area contributed by atoms with Gasteiger partial charge in [-0.05, 0) is 18.2 Å². The minimum absolute atomic E-state index is 0.424. The quantitative estimate of drug-likeness (QED) is 0.892. The molecule has 0 radical (unpaired) electrons. The molecule has 2 atom stereocenters. The van der Waals surface area contributed by atoms with Gasteiger partial charge in [-0.2, -0.15) is 11.8 Å². The minimum Gasteiger partial charge on any atom is -0.357 e. The highest BCUT2D eigenvalue weighted by atomic mass is 32.2. The molecule has 1 aromatic carbocycles. The van der Waals surface area contributed by atoms with Crippen LogP contribution in [0.2, 0.25) is 0 Å². The Bertz CT molecular complexity index is 392. The van der Waals surface area contributed by atoms with E-state index < -0.39 is 0 Å². The van der Waals surface area contributed by atoms with Gasteiger partial charge in [-0.25, -0.2) is 0 Å². The predicted octanol–water partition coefficient (Wildman–Crippen LogP) is 3.56. The summed E-state index contributed by atoms with van der Waals surface area (Å²) in [5.74, 6) is 1.08. The van der Waals surface area contributed by atoms with Gasteiger partial charge in [0.05, 0.1) is 6.04 Å². The summed E-state index contributed by atoms with van der Waals surface area (Å²) in [6, 6.07) is 11.0. The molecular weight excluding hydrogens is 260 g/mol. The number of amidine groups is 1. The lowest BCUT2D eigenvalue weighted by atomic mass is 10.1. The van der Waals surface area contributed by atoms with Crippen LogP contribution in [0.4, 0.5) is 0 Å². The van der Waals surface area contributed by atoms with Crippen LogP contribution in [0.15, 0.2) is 35.3 Å². The Hall–Kier alpha value is -0.610. The highest BCUT2D eigenvalue weighted by Gasteiger charge is 2.21. The first-order chi connectivity index (χ1) is 8.79. The zero-order chi connectivity index (χ0) is 12.8.